The summed E-state index contributed by atoms with van der Waals surface area (Å²) in [6, 6.07) is -1.17. The molecule has 3 aliphatic rings. The predicted octanol–water partition coefficient (Wildman–Crippen LogP) is 1.22. The van der Waals surface area contributed by atoms with Crippen LogP contribution in [-0.4, -0.2) is 119 Å². The molecule has 0 bridgehead atoms. The summed E-state index contributed by atoms with van der Waals surface area (Å²) in [5.74, 6) is -5.06. The van der Waals surface area contributed by atoms with Gasteiger partial charge in [-0.15, -0.1) is 0 Å². The van der Waals surface area contributed by atoms with Crippen LogP contribution in [0.15, 0.2) is 36.4 Å². The summed E-state index contributed by atoms with van der Waals surface area (Å²) >= 11 is 0. The van der Waals surface area contributed by atoms with Crippen LogP contribution in [0, 0.1) is 11.7 Å². The Morgan fingerprint density at radius 1 is 1.06 bits per heavy atom. The molecule has 3 heterocycles. The summed E-state index contributed by atoms with van der Waals surface area (Å²) in [5, 5.41) is 7.94. The van der Waals surface area contributed by atoms with Crippen molar-refractivity contribution in [2.24, 2.45) is 5.92 Å². The third-order valence-corrected chi connectivity index (χ3v) is 9.89. The number of benzene rings is 1. The Morgan fingerprint density at radius 3 is 2.52 bits per heavy atom. The van der Waals surface area contributed by atoms with E-state index in [4.69, 9.17) is 4.74 Å². The number of allylic oxidation sites excluding steroid dienone is 1. The summed E-state index contributed by atoms with van der Waals surface area (Å²) in [5.41, 5.74) is 0.409. The molecule has 14 nitrogen and oxygen atoms in total. The lowest BCUT2D eigenvalue weighted by atomic mass is 10.0. The molecule has 284 valence electrons. The molecule has 15 heteroatoms. The van der Waals surface area contributed by atoms with Gasteiger partial charge in [-0.05, 0) is 69.2 Å². The summed E-state index contributed by atoms with van der Waals surface area (Å²) in [6.45, 7) is 6.68. The fourth-order valence-corrected chi connectivity index (χ4v) is 6.80. The van der Waals surface area contributed by atoms with Gasteiger partial charge in [0.1, 0.15) is 48.7 Å². The van der Waals surface area contributed by atoms with Gasteiger partial charge in [0, 0.05) is 26.6 Å². The summed E-state index contributed by atoms with van der Waals surface area (Å²) in [4.78, 5) is 99.0. The molecule has 7 atom stereocenters. The van der Waals surface area contributed by atoms with Crippen LogP contribution in [-0.2, 0) is 44.7 Å². The first-order valence-electron chi connectivity index (χ1n) is 18.1. The van der Waals surface area contributed by atoms with Crippen molar-refractivity contribution in [1.82, 2.24) is 30.7 Å². The van der Waals surface area contributed by atoms with Gasteiger partial charge >= 0.3 is 5.97 Å². The largest absolute Gasteiger partial charge is 0.461 e. The van der Waals surface area contributed by atoms with Gasteiger partial charge in [0.2, 0.25) is 35.4 Å². The van der Waals surface area contributed by atoms with E-state index in [-0.39, 0.29) is 38.3 Å². The van der Waals surface area contributed by atoms with Gasteiger partial charge in [0.15, 0.2) is 0 Å². The molecule has 52 heavy (non-hydrogen) atoms. The number of likely N-dealkylation sites (N-methyl/N-ethyl adjacent to an activating group) is 1. The Balaban J connectivity index is 1.66. The number of esters is 1. The number of cyclic esters (lactones) is 1. The minimum absolute atomic E-state index is 0.0696. The Hall–Kier alpha value is -4.82. The molecule has 1 aromatic carbocycles. The highest BCUT2D eigenvalue weighted by Gasteiger charge is 2.44. The lowest BCUT2D eigenvalue weighted by Crippen LogP contribution is -2.60. The zero-order valence-corrected chi connectivity index (χ0v) is 30.6. The van der Waals surface area contributed by atoms with E-state index in [1.807, 2.05) is 13.8 Å². The average Bonchev–Trinajstić information content (AvgIpc) is 3.76. The van der Waals surface area contributed by atoms with Crippen molar-refractivity contribution in [2.75, 3.05) is 26.7 Å². The third-order valence-electron chi connectivity index (χ3n) is 9.89. The highest BCUT2D eigenvalue weighted by atomic mass is 19.1. The van der Waals surface area contributed by atoms with Gasteiger partial charge in [0.25, 0.3) is 0 Å². The number of fused-ring (bicyclic) bond motifs is 2. The van der Waals surface area contributed by atoms with Crippen LogP contribution in [0.3, 0.4) is 0 Å². The van der Waals surface area contributed by atoms with E-state index in [1.54, 1.807) is 12.1 Å². The third kappa shape index (κ3) is 9.94. The van der Waals surface area contributed by atoms with Crippen LogP contribution in [0.2, 0.25) is 0 Å². The van der Waals surface area contributed by atoms with Crippen molar-refractivity contribution in [2.45, 2.75) is 109 Å². The first-order chi connectivity index (χ1) is 24.7. The monoisotopic (exact) mass is 726 g/mol. The van der Waals surface area contributed by atoms with Crippen molar-refractivity contribution < 1.29 is 42.7 Å². The molecule has 0 saturated carbocycles. The number of ether oxygens (including phenoxy) is 1. The van der Waals surface area contributed by atoms with E-state index >= 15 is 0 Å². The van der Waals surface area contributed by atoms with Crippen molar-refractivity contribution in [3.63, 3.8) is 0 Å². The smallest absolute Gasteiger partial charge is 0.328 e. The standard InChI is InChI=1S/C37H51FN6O8/c1-6-7-8-9-15-31(45)40-27(19-25-12-10-13-26(38)18-25)33(47)41-28-21-52-37(51)30-17-22(2)20-44(30)34(48)23(3)39-32(46)24(4)42(5)36(50)29-14-11-16-43(29)35(28)49/h9-10,12-13,15,18,22-24,27-30H,6-8,11,14,16-17,19-21H2,1-5H3,(H,39,46)(H,40,45)(H,41,47)/t22-,23+,24+,27+,28+,29+,30+/m1/s1. The number of nitrogens with zero attached hydrogens (tertiary/aromatic N) is 3. The van der Waals surface area contributed by atoms with Crippen LogP contribution in [0.4, 0.5) is 4.39 Å². The van der Waals surface area contributed by atoms with Crippen LogP contribution < -0.4 is 16.0 Å². The number of amides is 6. The second kappa shape index (κ2) is 18.1. The molecule has 6 amide bonds. The maximum Gasteiger partial charge on any atom is 0.328 e. The van der Waals surface area contributed by atoms with Crippen LogP contribution in [0.5, 0.6) is 0 Å². The minimum atomic E-state index is -1.49. The first-order valence-corrected chi connectivity index (χ1v) is 18.1. The molecule has 3 aliphatic heterocycles. The molecule has 0 radical (unpaired) electrons. The molecule has 3 saturated heterocycles. The average molecular weight is 727 g/mol. The number of rotatable bonds is 9. The molecule has 0 spiro atoms. The molecule has 0 unspecified atom stereocenters. The predicted molar refractivity (Wildman–Crippen MR) is 187 cm³/mol. The lowest BCUT2D eigenvalue weighted by Gasteiger charge is -2.34. The maximum absolute atomic E-state index is 14.2. The van der Waals surface area contributed by atoms with Gasteiger partial charge in [-0.25, -0.2) is 9.18 Å². The lowest BCUT2D eigenvalue weighted by molar-refractivity contribution is -0.158. The second-order valence-corrected chi connectivity index (χ2v) is 14.0. The van der Waals surface area contributed by atoms with E-state index in [1.165, 1.54) is 59.9 Å². The highest BCUT2D eigenvalue weighted by Crippen LogP contribution is 2.26. The number of carbonyl (C=O) groups is 7. The minimum Gasteiger partial charge on any atom is -0.461 e. The number of unbranched alkanes of at least 4 members (excludes halogenated alkanes) is 2. The van der Waals surface area contributed by atoms with E-state index in [0.29, 0.717) is 18.4 Å². The highest BCUT2D eigenvalue weighted by molar-refractivity contribution is 5.98. The molecule has 3 fully saturated rings. The van der Waals surface area contributed by atoms with Gasteiger partial charge in [-0.2, -0.15) is 0 Å². The summed E-state index contributed by atoms with van der Waals surface area (Å²) in [6.07, 6.45) is 6.36. The molecule has 3 N–H and O–H groups in total. The van der Waals surface area contributed by atoms with Crippen LogP contribution >= 0.6 is 0 Å². The molecule has 1 aromatic rings. The van der Waals surface area contributed by atoms with Gasteiger partial charge in [-0.1, -0.05) is 44.9 Å². The number of hydrogen-bond acceptors (Lipinski definition) is 8. The number of nitrogens with one attached hydrogen (secondary N) is 3. The maximum atomic E-state index is 14.2. The molecular weight excluding hydrogens is 675 g/mol. The molecule has 4 rings (SSSR count). The zero-order chi connectivity index (χ0) is 38.1. The van der Waals surface area contributed by atoms with Gasteiger partial charge < -0.3 is 35.4 Å². The number of hydrogen-bond donors (Lipinski definition) is 3. The van der Waals surface area contributed by atoms with E-state index in [9.17, 15) is 38.0 Å². The van der Waals surface area contributed by atoms with Crippen molar-refractivity contribution in [1.29, 1.82) is 0 Å². The van der Waals surface area contributed by atoms with E-state index in [0.717, 1.165) is 12.8 Å². The van der Waals surface area contributed by atoms with Crippen LogP contribution in [0.25, 0.3) is 0 Å². The fraction of sp³-hybridized carbons (Fsp3) is 0.595. The second-order valence-electron chi connectivity index (χ2n) is 14.0. The van der Waals surface area contributed by atoms with E-state index < -0.39 is 90.1 Å². The molecular formula is C37H51FN6O8. The topological polar surface area (TPSA) is 175 Å². The summed E-state index contributed by atoms with van der Waals surface area (Å²) < 4.78 is 19.8. The van der Waals surface area contributed by atoms with Crippen LogP contribution in [0.1, 0.15) is 71.8 Å². The molecule has 0 aliphatic carbocycles. The normalized spacial score (nSPS) is 26.9. The molecule has 0 aromatic heterocycles. The fourth-order valence-electron chi connectivity index (χ4n) is 6.80. The van der Waals surface area contributed by atoms with Gasteiger partial charge in [-0.3, -0.25) is 28.8 Å². The van der Waals surface area contributed by atoms with Crippen molar-refractivity contribution in [3.8, 4) is 0 Å². The Labute approximate surface area is 303 Å². The number of carbonyl (C=O) groups excluding carboxylic acids is 7. The Kier molecular flexibility index (Phi) is 13.9. The SMILES string of the molecule is CCCCC=CC(=O)N[C@@H](Cc1cccc(F)c1)C(=O)N[C@H]1COC(=O)[C@@H]2C[C@@H](C)CN2C(=O)[C@H](C)NC(=O)[C@H](C)N(C)C(=O)[C@@H]2CCCN2C1=O. The van der Waals surface area contributed by atoms with E-state index in [2.05, 4.69) is 16.0 Å². The Bertz CT molecular complexity index is 1550. The zero-order valence-electron chi connectivity index (χ0n) is 30.6. The quantitative estimate of drug-likeness (QED) is 0.194. The first kappa shape index (κ1) is 40.0. The van der Waals surface area contributed by atoms with Gasteiger partial charge in [0.05, 0.1) is 0 Å². The van der Waals surface area contributed by atoms with Crippen molar-refractivity contribution >= 4 is 41.4 Å². The number of halogens is 1. The van der Waals surface area contributed by atoms with Crippen molar-refractivity contribution in [3.05, 3.63) is 47.8 Å². The Morgan fingerprint density at radius 2 is 1.81 bits per heavy atom. The summed E-state index contributed by atoms with van der Waals surface area (Å²) in [7, 11) is 1.44.